The molecule has 0 unspecified atom stereocenters. The van der Waals surface area contributed by atoms with Gasteiger partial charge in [-0.25, -0.2) is 0 Å². The number of non-ortho nitro benzene ring substituents is 1. The summed E-state index contributed by atoms with van der Waals surface area (Å²) in [6.45, 7) is 12.4. The second-order valence-corrected chi connectivity index (χ2v) is 14.9. The number of nitro benzene ring substituents is 1. The van der Waals surface area contributed by atoms with Crippen molar-refractivity contribution in [2.45, 2.75) is 110 Å². The predicted octanol–water partition coefficient (Wildman–Crippen LogP) is 3.61. The highest BCUT2D eigenvalue weighted by Gasteiger charge is 2.43. The number of amides is 4. The van der Waals surface area contributed by atoms with E-state index in [1.54, 1.807) is 67.0 Å². The summed E-state index contributed by atoms with van der Waals surface area (Å²) in [5.74, 6) is -1.46. The summed E-state index contributed by atoms with van der Waals surface area (Å²) in [7, 11) is 10.2. The Hall–Kier alpha value is -3.62. The number of hydrogen-bond acceptors (Lipinski definition) is 9. The quantitative estimate of drug-likeness (QED) is 0.156. The fraction of sp³-hybridized carbons (Fsp3) is 0.737. The Morgan fingerprint density at radius 1 is 0.981 bits per heavy atom. The van der Waals surface area contributed by atoms with Gasteiger partial charge in [0.25, 0.3) is 5.69 Å². The second kappa shape index (κ2) is 20.6. The zero-order valence-corrected chi connectivity index (χ0v) is 33.5. The van der Waals surface area contributed by atoms with E-state index in [9.17, 15) is 29.3 Å². The number of benzene rings is 1. The average molecular weight is 733 g/mol. The molecular weight excluding hydrogens is 668 g/mol. The number of rotatable bonds is 20. The van der Waals surface area contributed by atoms with E-state index in [0.717, 1.165) is 18.4 Å². The van der Waals surface area contributed by atoms with E-state index in [2.05, 4.69) is 5.32 Å². The summed E-state index contributed by atoms with van der Waals surface area (Å²) in [6.07, 6.45) is 1.58. The molecule has 1 aliphatic rings. The lowest BCUT2D eigenvalue weighted by atomic mass is 9.89. The molecule has 8 atom stereocenters. The largest absolute Gasteiger partial charge is 0.379 e. The van der Waals surface area contributed by atoms with E-state index in [4.69, 9.17) is 9.47 Å². The summed E-state index contributed by atoms with van der Waals surface area (Å²) < 4.78 is 11.9. The first-order valence-corrected chi connectivity index (χ1v) is 18.5. The first-order valence-electron chi connectivity index (χ1n) is 18.5. The number of methoxy groups -OCH3 is 2. The molecule has 0 aromatic heterocycles. The highest BCUT2D eigenvalue weighted by Crippen LogP contribution is 2.30. The number of nitrogens with zero attached hydrogens (tertiary/aromatic N) is 5. The van der Waals surface area contributed by atoms with Crippen LogP contribution in [0.2, 0.25) is 0 Å². The van der Waals surface area contributed by atoms with Gasteiger partial charge >= 0.3 is 0 Å². The van der Waals surface area contributed by atoms with Crippen LogP contribution in [0.3, 0.4) is 0 Å². The molecule has 14 heteroatoms. The van der Waals surface area contributed by atoms with Crippen LogP contribution in [0.1, 0.15) is 72.8 Å². The van der Waals surface area contributed by atoms with Crippen LogP contribution in [0.15, 0.2) is 24.3 Å². The van der Waals surface area contributed by atoms with Gasteiger partial charge in [-0.05, 0) is 57.7 Å². The van der Waals surface area contributed by atoms with Gasteiger partial charge in [0.1, 0.15) is 6.04 Å². The number of nitro groups is 1. The molecule has 1 heterocycles. The fourth-order valence-electron chi connectivity index (χ4n) is 7.08. The molecule has 0 bridgehead atoms. The average Bonchev–Trinajstić information content (AvgIpc) is 3.61. The predicted molar refractivity (Wildman–Crippen MR) is 200 cm³/mol. The first-order chi connectivity index (χ1) is 24.4. The highest BCUT2D eigenvalue weighted by molar-refractivity contribution is 5.90. The van der Waals surface area contributed by atoms with Crippen LogP contribution in [0.4, 0.5) is 5.69 Å². The van der Waals surface area contributed by atoms with Gasteiger partial charge in [0.15, 0.2) is 0 Å². The Morgan fingerprint density at radius 2 is 1.60 bits per heavy atom. The second-order valence-electron chi connectivity index (χ2n) is 14.9. The summed E-state index contributed by atoms with van der Waals surface area (Å²) in [6, 6.07) is 4.36. The van der Waals surface area contributed by atoms with Gasteiger partial charge in [-0.3, -0.25) is 34.2 Å². The van der Waals surface area contributed by atoms with E-state index in [0.29, 0.717) is 25.9 Å². The number of carbonyl (C=O) groups is 4. The number of nitrogens with one attached hydrogen (secondary N) is 1. The van der Waals surface area contributed by atoms with E-state index >= 15 is 0 Å². The van der Waals surface area contributed by atoms with Crippen LogP contribution in [0, 0.1) is 27.9 Å². The summed E-state index contributed by atoms with van der Waals surface area (Å²) >= 11 is 0. The minimum atomic E-state index is -0.753. The van der Waals surface area contributed by atoms with Crippen molar-refractivity contribution in [1.82, 2.24) is 24.9 Å². The van der Waals surface area contributed by atoms with Gasteiger partial charge in [0.05, 0.1) is 47.6 Å². The molecule has 2 rings (SSSR count). The van der Waals surface area contributed by atoms with Crippen LogP contribution in [0.25, 0.3) is 0 Å². The molecule has 0 aliphatic carbocycles. The van der Waals surface area contributed by atoms with Gasteiger partial charge in [0.2, 0.25) is 23.6 Å². The normalized spacial score (nSPS) is 18.7. The van der Waals surface area contributed by atoms with Crippen LogP contribution in [-0.4, -0.2) is 140 Å². The number of likely N-dealkylation sites (tertiary alicyclic amines) is 1. The van der Waals surface area contributed by atoms with E-state index in [1.165, 1.54) is 12.1 Å². The van der Waals surface area contributed by atoms with Gasteiger partial charge in [-0.15, -0.1) is 0 Å². The monoisotopic (exact) mass is 732 g/mol. The van der Waals surface area contributed by atoms with Gasteiger partial charge in [-0.2, -0.15) is 0 Å². The van der Waals surface area contributed by atoms with Crippen molar-refractivity contribution in [2.75, 3.05) is 55.5 Å². The molecule has 1 fully saturated rings. The Balaban J connectivity index is 2.21. The van der Waals surface area contributed by atoms with Gasteiger partial charge in [-0.1, -0.05) is 53.2 Å². The first kappa shape index (κ1) is 44.5. The molecule has 0 spiro atoms. The zero-order chi connectivity index (χ0) is 39.4. The smallest absolute Gasteiger partial charge is 0.269 e. The molecule has 4 amide bonds. The third kappa shape index (κ3) is 11.4. The maximum Gasteiger partial charge on any atom is 0.269 e. The SMILES string of the molecule is CC[C@H](C)[C@@H]([C@@H](CC(=O)N1CCC[C@H]1[C@H](OC)[C@@H](C)C(=O)N(C)CCc1ccc([N+](=O)[O-])cc1)OC)N(C)C(=O)[C@@H](NC(=O)[C@@H](C)N(C)C)C(C)C. The molecule has 0 radical (unpaired) electrons. The molecule has 14 nitrogen and oxygen atoms in total. The van der Waals surface area contributed by atoms with Crippen molar-refractivity contribution >= 4 is 29.3 Å². The third-order valence-electron chi connectivity index (χ3n) is 10.9. The number of carbonyl (C=O) groups excluding carboxylic acids is 4. The maximum atomic E-state index is 14.1. The van der Waals surface area contributed by atoms with E-state index < -0.39 is 41.2 Å². The highest BCUT2D eigenvalue weighted by atomic mass is 16.6. The van der Waals surface area contributed by atoms with Crippen molar-refractivity contribution in [3.8, 4) is 0 Å². The summed E-state index contributed by atoms with van der Waals surface area (Å²) in [5, 5.41) is 13.9. The standard InChI is InChI=1S/C38H64N6O8/c1-13-25(4)34(42(10)38(48)33(24(2)3)39-36(46)27(6)40(7)8)31(51-11)23-32(45)43-21-14-15-30(43)35(52-12)26(5)37(47)41(9)22-20-28-16-18-29(19-17-28)44(49)50/h16-19,24-27,30-31,33-35H,13-15,20-23H2,1-12H3,(H,39,46)/t25-,26+,27+,30-,31+,33-,34-,35+/m0/s1. The topological polar surface area (TPSA) is 155 Å². The molecule has 1 aliphatic heterocycles. The number of likely N-dealkylation sites (N-methyl/N-ethyl adjacent to an activating group) is 3. The van der Waals surface area contributed by atoms with Crippen LogP contribution in [-0.2, 0) is 35.1 Å². The molecule has 1 N–H and O–H groups in total. The van der Waals surface area contributed by atoms with Crippen LogP contribution >= 0.6 is 0 Å². The molecule has 1 aromatic carbocycles. The lowest BCUT2D eigenvalue weighted by Gasteiger charge is -2.41. The Bertz CT molecular complexity index is 1340. The van der Waals surface area contributed by atoms with E-state index in [-0.39, 0.29) is 53.6 Å². The maximum absolute atomic E-state index is 14.1. The zero-order valence-electron chi connectivity index (χ0n) is 33.5. The molecule has 0 saturated carbocycles. The Labute approximate surface area is 310 Å². The molecule has 52 heavy (non-hydrogen) atoms. The summed E-state index contributed by atoms with van der Waals surface area (Å²) in [5.41, 5.74) is 0.900. The molecule has 1 saturated heterocycles. The van der Waals surface area contributed by atoms with Crippen molar-refractivity contribution in [3.05, 3.63) is 39.9 Å². The molecular formula is C38H64N6O8. The minimum Gasteiger partial charge on any atom is -0.379 e. The van der Waals surface area contributed by atoms with Crippen LogP contribution < -0.4 is 5.32 Å². The lowest BCUT2D eigenvalue weighted by molar-refractivity contribution is -0.384. The Morgan fingerprint density at radius 3 is 2.10 bits per heavy atom. The van der Waals surface area contributed by atoms with Crippen LogP contribution in [0.5, 0.6) is 0 Å². The Kier molecular flexibility index (Phi) is 17.6. The summed E-state index contributed by atoms with van der Waals surface area (Å²) in [4.78, 5) is 72.2. The molecule has 1 aromatic rings. The van der Waals surface area contributed by atoms with Crippen molar-refractivity contribution in [3.63, 3.8) is 0 Å². The van der Waals surface area contributed by atoms with Crippen molar-refractivity contribution < 1.29 is 33.6 Å². The van der Waals surface area contributed by atoms with E-state index in [1.807, 2.05) is 48.7 Å². The fourth-order valence-corrected chi connectivity index (χ4v) is 7.08. The van der Waals surface area contributed by atoms with Gasteiger partial charge in [0, 0.05) is 53.5 Å². The number of ether oxygens (including phenoxy) is 2. The third-order valence-corrected chi connectivity index (χ3v) is 10.9. The minimum absolute atomic E-state index is 0.0173. The van der Waals surface area contributed by atoms with Crippen molar-refractivity contribution in [1.29, 1.82) is 0 Å². The van der Waals surface area contributed by atoms with Crippen molar-refractivity contribution in [2.24, 2.45) is 17.8 Å². The molecule has 294 valence electrons. The lowest BCUT2D eigenvalue weighted by Crippen LogP contribution is -2.59. The number of hydrogen-bond donors (Lipinski definition) is 1. The van der Waals surface area contributed by atoms with Gasteiger partial charge < -0.3 is 29.5 Å².